The Kier molecular flexibility index (Phi) is 4.89. The van der Waals surface area contributed by atoms with E-state index in [1.165, 1.54) is 6.07 Å². The van der Waals surface area contributed by atoms with Crippen LogP contribution in [0.5, 0.6) is 0 Å². The Labute approximate surface area is 128 Å². The molecule has 0 unspecified atom stereocenters. The van der Waals surface area contributed by atoms with Gasteiger partial charge in [0.25, 0.3) is 0 Å². The van der Waals surface area contributed by atoms with Gasteiger partial charge in [-0.1, -0.05) is 12.1 Å². The highest BCUT2D eigenvalue weighted by Crippen LogP contribution is 2.12. The van der Waals surface area contributed by atoms with Gasteiger partial charge in [0.05, 0.1) is 0 Å². The molecule has 2 amide bonds. The Hall–Kier alpha value is -1.70. The summed E-state index contributed by atoms with van der Waals surface area (Å²) in [4.78, 5) is 11.7. The molecule has 2 aromatic carbocycles. The van der Waals surface area contributed by atoms with Gasteiger partial charge in [-0.3, -0.25) is 0 Å². The first kappa shape index (κ1) is 14.7. The van der Waals surface area contributed by atoms with Crippen molar-refractivity contribution >= 4 is 34.3 Å². The van der Waals surface area contributed by atoms with E-state index in [0.717, 1.165) is 15.7 Å². The summed E-state index contributed by atoms with van der Waals surface area (Å²) in [7, 11) is 0. The predicted molar refractivity (Wildman–Crippen MR) is 81.4 cm³/mol. The Balaban J connectivity index is 1.90. The van der Waals surface area contributed by atoms with Crippen molar-refractivity contribution in [2.24, 2.45) is 0 Å². The molecule has 0 spiro atoms. The molecule has 0 aliphatic heterocycles. The zero-order chi connectivity index (χ0) is 14.5. The zero-order valence-corrected chi connectivity index (χ0v) is 12.4. The lowest BCUT2D eigenvalue weighted by molar-refractivity contribution is 0.251. The van der Waals surface area contributed by atoms with E-state index in [2.05, 4.69) is 33.2 Å². The van der Waals surface area contributed by atoms with Gasteiger partial charge in [0, 0.05) is 15.8 Å². The van der Waals surface area contributed by atoms with Crippen LogP contribution in [0.15, 0.2) is 42.5 Å². The number of carbonyl (C=O) groups is 1. The Morgan fingerprint density at radius 2 is 1.90 bits per heavy atom. The van der Waals surface area contributed by atoms with Gasteiger partial charge >= 0.3 is 6.03 Å². The van der Waals surface area contributed by atoms with E-state index in [-0.39, 0.29) is 6.54 Å². The summed E-state index contributed by atoms with van der Waals surface area (Å²) >= 11 is 2.14. The number of rotatable bonds is 3. The highest BCUT2D eigenvalue weighted by Gasteiger charge is 2.05. The first-order valence-corrected chi connectivity index (χ1v) is 6.87. The van der Waals surface area contributed by atoms with Gasteiger partial charge in [-0.15, -0.1) is 0 Å². The minimum atomic E-state index is -0.928. The van der Waals surface area contributed by atoms with Gasteiger partial charge in [-0.05, 0) is 58.5 Å². The standard InChI is InChI=1S/C14H11F2IN2O/c15-12-5-4-9(6-13(12)16)8-18-14(20)19-11-3-1-2-10(17)7-11/h1-7H,8H2,(H2,18,19,20). The molecule has 3 nitrogen and oxygen atoms in total. The summed E-state index contributed by atoms with van der Waals surface area (Å²) in [5, 5.41) is 5.23. The third kappa shape index (κ3) is 4.16. The van der Waals surface area contributed by atoms with E-state index >= 15 is 0 Å². The second-order valence-corrected chi connectivity index (χ2v) is 5.31. The van der Waals surface area contributed by atoms with Crippen molar-refractivity contribution < 1.29 is 13.6 Å². The smallest absolute Gasteiger partial charge is 0.319 e. The number of hydrogen-bond donors (Lipinski definition) is 2. The maximum absolute atomic E-state index is 13.0. The molecule has 0 saturated heterocycles. The van der Waals surface area contributed by atoms with E-state index < -0.39 is 17.7 Å². The maximum Gasteiger partial charge on any atom is 0.319 e. The van der Waals surface area contributed by atoms with Crippen LogP contribution in [0.3, 0.4) is 0 Å². The minimum Gasteiger partial charge on any atom is -0.334 e. The average Bonchev–Trinajstić information content (AvgIpc) is 2.40. The lowest BCUT2D eigenvalue weighted by Crippen LogP contribution is -2.28. The number of halogens is 3. The van der Waals surface area contributed by atoms with Crippen molar-refractivity contribution in [1.29, 1.82) is 0 Å². The van der Waals surface area contributed by atoms with Crippen LogP contribution in [0, 0.1) is 15.2 Å². The molecule has 0 aliphatic rings. The molecule has 0 aromatic heterocycles. The third-order valence-corrected chi connectivity index (χ3v) is 3.19. The van der Waals surface area contributed by atoms with Crippen molar-refractivity contribution in [2.75, 3.05) is 5.32 Å². The van der Waals surface area contributed by atoms with Gasteiger partial charge in [-0.2, -0.15) is 0 Å². The van der Waals surface area contributed by atoms with Gasteiger partial charge in [0.1, 0.15) is 0 Å². The molecule has 20 heavy (non-hydrogen) atoms. The van der Waals surface area contributed by atoms with Crippen LogP contribution in [0.2, 0.25) is 0 Å². The SMILES string of the molecule is O=C(NCc1ccc(F)c(F)c1)Nc1cccc(I)c1. The largest absolute Gasteiger partial charge is 0.334 e. The van der Waals surface area contributed by atoms with Crippen LogP contribution in [-0.2, 0) is 6.54 Å². The van der Waals surface area contributed by atoms with Gasteiger partial charge in [0.15, 0.2) is 11.6 Å². The fraction of sp³-hybridized carbons (Fsp3) is 0.0714. The van der Waals surface area contributed by atoms with E-state index in [9.17, 15) is 13.6 Å². The number of nitrogens with one attached hydrogen (secondary N) is 2. The average molecular weight is 388 g/mol. The first-order valence-electron chi connectivity index (χ1n) is 5.79. The fourth-order valence-electron chi connectivity index (χ4n) is 1.57. The Bertz CT molecular complexity index is 634. The number of benzene rings is 2. The highest BCUT2D eigenvalue weighted by molar-refractivity contribution is 14.1. The molecule has 0 heterocycles. The van der Waals surface area contributed by atoms with Crippen LogP contribution in [0.1, 0.15) is 5.56 Å². The first-order chi connectivity index (χ1) is 9.54. The number of amides is 2. The lowest BCUT2D eigenvalue weighted by atomic mass is 10.2. The topological polar surface area (TPSA) is 41.1 Å². The molecule has 0 bridgehead atoms. The molecule has 2 rings (SSSR count). The lowest BCUT2D eigenvalue weighted by Gasteiger charge is -2.08. The summed E-state index contributed by atoms with van der Waals surface area (Å²) < 4.78 is 26.7. The second kappa shape index (κ2) is 6.65. The zero-order valence-electron chi connectivity index (χ0n) is 10.3. The molecule has 0 saturated carbocycles. The molecule has 2 aromatic rings. The van der Waals surface area contributed by atoms with E-state index in [1.807, 2.05) is 18.2 Å². The number of hydrogen-bond acceptors (Lipinski definition) is 1. The highest BCUT2D eigenvalue weighted by atomic mass is 127. The Morgan fingerprint density at radius 1 is 1.10 bits per heavy atom. The van der Waals surface area contributed by atoms with Crippen LogP contribution in [0.4, 0.5) is 19.3 Å². The normalized spacial score (nSPS) is 10.2. The third-order valence-electron chi connectivity index (χ3n) is 2.52. The second-order valence-electron chi connectivity index (χ2n) is 4.07. The summed E-state index contributed by atoms with van der Waals surface area (Å²) in [5.74, 6) is -1.83. The van der Waals surface area contributed by atoms with Crippen molar-refractivity contribution in [2.45, 2.75) is 6.54 Å². The summed E-state index contributed by atoms with van der Waals surface area (Å²) in [6.45, 7) is 0.118. The molecule has 104 valence electrons. The van der Waals surface area contributed by atoms with Gasteiger partial charge in [-0.25, -0.2) is 13.6 Å². The van der Waals surface area contributed by atoms with Crippen molar-refractivity contribution in [1.82, 2.24) is 5.32 Å². The van der Waals surface area contributed by atoms with Crippen molar-refractivity contribution in [3.63, 3.8) is 0 Å². The molecular weight excluding hydrogens is 377 g/mol. The summed E-state index contributed by atoms with van der Waals surface area (Å²) in [6, 6.07) is 10.4. The quantitative estimate of drug-likeness (QED) is 0.770. The van der Waals surface area contributed by atoms with Crippen LogP contribution >= 0.6 is 22.6 Å². The molecule has 0 fully saturated rings. The molecule has 0 aliphatic carbocycles. The van der Waals surface area contributed by atoms with Crippen molar-refractivity contribution in [3.05, 3.63) is 63.2 Å². The molecular formula is C14H11F2IN2O. The van der Waals surface area contributed by atoms with Crippen LogP contribution in [-0.4, -0.2) is 6.03 Å². The number of carbonyl (C=O) groups excluding carboxylic acids is 1. The Morgan fingerprint density at radius 3 is 2.60 bits per heavy atom. The van der Waals surface area contributed by atoms with E-state index in [0.29, 0.717) is 11.3 Å². The monoisotopic (exact) mass is 388 g/mol. The van der Waals surface area contributed by atoms with Crippen molar-refractivity contribution in [3.8, 4) is 0 Å². The minimum absolute atomic E-state index is 0.118. The number of anilines is 1. The van der Waals surface area contributed by atoms with Gasteiger partial charge < -0.3 is 10.6 Å². The molecule has 0 radical (unpaired) electrons. The van der Waals surface area contributed by atoms with E-state index in [4.69, 9.17) is 0 Å². The van der Waals surface area contributed by atoms with Gasteiger partial charge in [0.2, 0.25) is 0 Å². The molecule has 0 atom stereocenters. The van der Waals surface area contributed by atoms with Crippen LogP contribution < -0.4 is 10.6 Å². The summed E-state index contributed by atoms with van der Waals surface area (Å²) in [5.41, 5.74) is 1.15. The summed E-state index contributed by atoms with van der Waals surface area (Å²) in [6.07, 6.45) is 0. The fourth-order valence-corrected chi connectivity index (χ4v) is 2.12. The molecule has 2 N–H and O–H groups in total. The van der Waals surface area contributed by atoms with Crippen LogP contribution in [0.25, 0.3) is 0 Å². The predicted octanol–water partition coefficient (Wildman–Crippen LogP) is 3.89. The molecule has 6 heteroatoms. The maximum atomic E-state index is 13.0. The van der Waals surface area contributed by atoms with E-state index in [1.54, 1.807) is 6.07 Å². The number of urea groups is 1.